The summed E-state index contributed by atoms with van der Waals surface area (Å²) in [6, 6.07) is 3.44. The van der Waals surface area contributed by atoms with Crippen LogP contribution in [0.4, 0.5) is 15.9 Å². The highest BCUT2D eigenvalue weighted by Gasteiger charge is 2.01. The van der Waals surface area contributed by atoms with Gasteiger partial charge in [0, 0.05) is 18.8 Å². The van der Waals surface area contributed by atoms with Crippen LogP contribution in [0.2, 0.25) is 0 Å². The fourth-order valence-corrected chi connectivity index (χ4v) is 0.889. The molecule has 1 rings (SSSR count). The molecule has 0 aliphatic heterocycles. The molecule has 0 spiro atoms. The summed E-state index contributed by atoms with van der Waals surface area (Å²) in [5, 5.41) is 11.4. The van der Waals surface area contributed by atoms with E-state index in [9.17, 15) is 4.39 Å². The third-order valence-corrected chi connectivity index (χ3v) is 1.46. The van der Waals surface area contributed by atoms with Gasteiger partial charge in [0.05, 0.1) is 11.3 Å². The summed E-state index contributed by atoms with van der Waals surface area (Å²) in [4.78, 5) is 3.74. The number of nitrogens with zero attached hydrogens (tertiary/aromatic N) is 2. The van der Waals surface area contributed by atoms with Crippen LogP contribution < -0.4 is 11.1 Å². The summed E-state index contributed by atoms with van der Waals surface area (Å²) in [6.45, 7) is -0.328. The lowest BCUT2D eigenvalue weighted by molar-refractivity contribution is 0.512. The number of anilines is 2. The van der Waals surface area contributed by atoms with Crippen LogP contribution in [0, 0.1) is 11.3 Å². The Morgan fingerprint density at radius 2 is 2.46 bits per heavy atom. The summed E-state index contributed by atoms with van der Waals surface area (Å²) < 4.78 is 11.8. The summed E-state index contributed by atoms with van der Waals surface area (Å²) in [5.41, 5.74) is 6.28. The molecule has 0 aliphatic rings. The van der Waals surface area contributed by atoms with E-state index >= 15 is 0 Å². The fourth-order valence-electron chi connectivity index (χ4n) is 0.889. The first-order valence-electron chi connectivity index (χ1n) is 3.73. The topological polar surface area (TPSA) is 74.7 Å². The van der Waals surface area contributed by atoms with E-state index in [1.54, 1.807) is 0 Å². The normalized spacial score (nSPS) is 9.23. The number of alkyl halides is 1. The number of hydrogen-bond donors (Lipinski definition) is 2. The van der Waals surface area contributed by atoms with Crippen LogP contribution in [-0.4, -0.2) is 18.2 Å². The van der Waals surface area contributed by atoms with E-state index < -0.39 is 6.67 Å². The van der Waals surface area contributed by atoms with Gasteiger partial charge in [-0.1, -0.05) is 0 Å². The minimum atomic E-state index is -0.493. The van der Waals surface area contributed by atoms with Gasteiger partial charge >= 0.3 is 0 Å². The maximum absolute atomic E-state index is 11.8. The zero-order chi connectivity index (χ0) is 9.68. The molecule has 3 N–H and O–H groups in total. The van der Waals surface area contributed by atoms with Gasteiger partial charge in [0.2, 0.25) is 0 Å². The molecule has 0 unspecified atom stereocenters. The summed E-state index contributed by atoms with van der Waals surface area (Å²) in [6.07, 6.45) is 1.36. The van der Waals surface area contributed by atoms with Crippen molar-refractivity contribution in [1.29, 1.82) is 5.26 Å². The third-order valence-electron chi connectivity index (χ3n) is 1.46. The number of nitriles is 1. The van der Waals surface area contributed by atoms with E-state index in [4.69, 9.17) is 11.0 Å². The van der Waals surface area contributed by atoms with Crippen molar-refractivity contribution in [2.45, 2.75) is 0 Å². The SMILES string of the molecule is N#Cc1cnc(N)cc1NCCF. The van der Waals surface area contributed by atoms with Crippen molar-refractivity contribution in [3.63, 3.8) is 0 Å². The van der Waals surface area contributed by atoms with Crippen molar-refractivity contribution in [3.05, 3.63) is 17.8 Å². The molecule has 13 heavy (non-hydrogen) atoms. The molecule has 0 saturated heterocycles. The molecule has 1 aromatic heterocycles. The first-order chi connectivity index (χ1) is 6.27. The maximum atomic E-state index is 11.8. The largest absolute Gasteiger partial charge is 0.384 e. The molecule has 68 valence electrons. The Labute approximate surface area is 75.2 Å². The minimum absolute atomic E-state index is 0.165. The number of nitrogens with one attached hydrogen (secondary N) is 1. The van der Waals surface area contributed by atoms with E-state index in [1.807, 2.05) is 6.07 Å². The van der Waals surface area contributed by atoms with Gasteiger partial charge in [-0.15, -0.1) is 0 Å². The van der Waals surface area contributed by atoms with E-state index in [1.165, 1.54) is 12.3 Å². The molecule has 0 atom stereocenters. The van der Waals surface area contributed by atoms with Crippen LogP contribution in [0.1, 0.15) is 5.56 Å². The average Bonchev–Trinajstić information content (AvgIpc) is 2.15. The number of halogens is 1. The molecule has 0 fully saturated rings. The van der Waals surface area contributed by atoms with Crippen molar-refractivity contribution in [2.75, 3.05) is 24.3 Å². The van der Waals surface area contributed by atoms with Crippen molar-refractivity contribution >= 4 is 11.5 Å². The third kappa shape index (κ3) is 2.30. The predicted molar refractivity (Wildman–Crippen MR) is 47.8 cm³/mol. The molecule has 1 heterocycles. The van der Waals surface area contributed by atoms with Gasteiger partial charge < -0.3 is 11.1 Å². The second-order valence-corrected chi connectivity index (χ2v) is 2.38. The van der Waals surface area contributed by atoms with Gasteiger partial charge in [-0.25, -0.2) is 9.37 Å². The Morgan fingerprint density at radius 1 is 1.69 bits per heavy atom. The first-order valence-corrected chi connectivity index (χ1v) is 3.73. The molecule has 1 aromatic rings. The highest BCUT2D eigenvalue weighted by atomic mass is 19.1. The number of nitrogens with two attached hydrogens (primary N) is 1. The molecular formula is C8H9FN4. The van der Waals surface area contributed by atoms with Gasteiger partial charge in [0.25, 0.3) is 0 Å². The lowest BCUT2D eigenvalue weighted by atomic mass is 10.2. The summed E-state index contributed by atoms with van der Waals surface area (Å²) in [7, 11) is 0. The zero-order valence-corrected chi connectivity index (χ0v) is 6.92. The van der Waals surface area contributed by atoms with Gasteiger partial charge in [-0.3, -0.25) is 0 Å². The second kappa shape index (κ2) is 4.26. The maximum Gasteiger partial charge on any atom is 0.125 e. The Bertz CT molecular complexity index is 331. The van der Waals surface area contributed by atoms with Crippen molar-refractivity contribution in [3.8, 4) is 6.07 Å². The molecule has 5 heteroatoms. The lowest BCUT2D eigenvalue weighted by Gasteiger charge is -2.05. The molecule has 0 bridgehead atoms. The molecule has 0 aliphatic carbocycles. The molecule has 4 nitrogen and oxygen atoms in total. The quantitative estimate of drug-likeness (QED) is 0.725. The van der Waals surface area contributed by atoms with Crippen LogP contribution >= 0.6 is 0 Å². The fraction of sp³-hybridized carbons (Fsp3) is 0.250. The van der Waals surface area contributed by atoms with Crippen LogP contribution in [-0.2, 0) is 0 Å². The van der Waals surface area contributed by atoms with E-state index in [0.29, 0.717) is 17.1 Å². The zero-order valence-electron chi connectivity index (χ0n) is 6.92. The highest BCUT2D eigenvalue weighted by Crippen LogP contribution is 2.15. The Kier molecular flexibility index (Phi) is 3.03. The highest BCUT2D eigenvalue weighted by molar-refractivity contribution is 5.60. The minimum Gasteiger partial charge on any atom is -0.384 e. The van der Waals surface area contributed by atoms with Gasteiger partial charge in [0.15, 0.2) is 0 Å². The lowest BCUT2D eigenvalue weighted by Crippen LogP contribution is -2.05. The number of aromatic nitrogens is 1. The molecule has 0 amide bonds. The van der Waals surface area contributed by atoms with Crippen LogP contribution in [0.25, 0.3) is 0 Å². The number of pyridine rings is 1. The number of nitrogen functional groups attached to an aromatic ring is 1. The molecule has 0 aromatic carbocycles. The Hall–Kier alpha value is -1.83. The van der Waals surface area contributed by atoms with Gasteiger partial charge in [-0.2, -0.15) is 5.26 Å². The number of hydrogen-bond acceptors (Lipinski definition) is 4. The van der Waals surface area contributed by atoms with Crippen molar-refractivity contribution < 1.29 is 4.39 Å². The molecular weight excluding hydrogens is 171 g/mol. The second-order valence-electron chi connectivity index (χ2n) is 2.38. The number of rotatable bonds is 3. The standard InChI is InChI=1S/C8H9FN4/c9-1-2-12-7-3-8(11)13-5-6(7)4-10/h3,5H,1-2H2,(H3,11,12,13). The Balaban J connectivity index is 2.89. The van der Waals surface area contributed by atoms with Crippen LogP contribution in [0.5, 0.6) is 0 Å². The summed E-state index contributed by atoms with van der Waals surface area (Å²) >= 11 is 0. The van der Waals surface area contributed by atoms with Crippen LogP contribution in [0.3, 0.4) is 0 Å². The van der Waals surface area contributed by atoms with E-state index in [0.717, 1.165) is 0 Å². The van der Waals surface area contributed by atoms with Gasteiger partial charge in [-0.05, 0) is 0 Å². The Morgan fingerprint density at radius 3 is 3.08 bits per heavy atom. The van der Waals surface area contributed by atoms with Crippen molar-refractivity contribution in [2.24, 2.45) is 0 Å². The summed E-state index contributed by atoms with van der Waals surface area (Å²) in [5.74, 6) is 0.306. The monoisotopic (exact) mass is 180 g/mol. The first kappa shape index (κ1) is 9.26. The predicted octanol–water partition coefficient (Wildman–Crippen LogP) is 0.917. The van der Waals surface area contributed by atoms with E-state index in [-0.39, 0.29) is 6.54 Å². The van der Waals surface area contributed by atoms with Gasteiger partial charge in [0.1, 0.15) is 18.6 Å². The average molecular weight is 180 g/mol. The van der Waals surface area contributed by atoms with E-state index in [2.05, 4.69) is 10.3 Å². The smallest absolute Gasteiger partial charge is 0.125 e. The molecule has 0 radical (unpaired) electrons. The van der Waals surface area contributed by atoms with Crippen LogP contribution in [0.15, 0.2) is 12.3 Å². The van der Waals surface area contributed by atoms with Crippen molar-refractivity contribution in [1.82, 2.24) is 4.98 Å². The molecule has 0 saturated carbocycles.